The van der Waals surface area contributed by atoms with E-state index in [9.17, 15) is 0 Å². The minimum absolute atomic E-state index is 0.639. The van der Waals surface area contributed by atoms with Crippen molar-refractivity contribution in [3.63, 3.8) is 0 Å². The third-order valence-electron chi connectivity index (χ3n) is 3.12. The molecule has 2 heterocycles. The maximum atomic E-state index is 6.01. The lowest BCUT2D eigenvalue weighted by molar-refractivity contribution is 1.07. The van der Waals surface area contributed by atoms with Gasteiger partial charge in [-0.25, -0.2) is 4.98 Å². The van der Waals surface area contributed by atoms with Crippen molar-refractivity contribution >= 4 is 34.5 Å². The highest BCUT2D eigenvalue weighted by Gasteiger charge is 2.04. The van der Waals surface area contributed by atoms with E-state index in [-0.39, 0.29) is 0 Å². The monoisotopic (exact) mass is 305 g/mol. The van der Waals surface area contributed by atoms with Crippen molar-refractivity contribution in [2.24, 2.45) is 0 Å². The van der Waals surface area contributed by atoms with Gasteiger partial charge in [0.2, 0.25) is 0 Å². The van der Waals surface area contributed by atoms with Gasteiger partial charge in [-0.2, -0.15) is 0 Å². The van der Waals surface area contributed by atoms with E-state index in [1.54, 1.807) is 0 Å². The molecule has 2 aromatic heterocycles. The minimum Gasteiger partial charge on any atom is -0.379 e. The van der Waals surface area contributed by atoms with Crippen LogP contribution in [0.2, 0.25) is 10.0 Å². The van der Waals surface area contributed by atoms with E-state index in [1.165, 1.54) is 0 Å². The van der Waals surface area contributed by atoms with Gasteiger partial charge in [0, 0.05) is 23.1 Å². The van der Waals surface area contributed by atoms with Crippen LogP contribution in [0, 0.1) is 6.92 Å². The smallest absolute Gasteiger partial charge is 0.137 e. The van der Waals surface area contributed by atoms with Crippen LogP contribution in [0.3, 0.4) is 0 Å². The standard InChI is InChI=1S/C15H13Cl2N3/c1-10-2-3-11(16)6-14(10)18-7-13-9-20-8-12(17)4-5-15(20)19-13/h2-6,8-9,18H,7H2,1H3. The molecule has 0 saturated heterocycles. The predicted octanol–water partition coefficient (Wildman–Crippen LogP) is 4.56. The van der Waals surface area contributed by atoms with Gasteiger partial charge in [-0.15, -0.1) is 0 Å². The lowest BCUT2D eigenvalue weighted by Gasteiger charge is -2.08. The number of rotatable bonds is 3. The summed E-state index contributed by atoms with van der Waals surface area (Å²) >= 11 is 12.0. The van der Waals surface area contributed by atoms with Gasteiger partial charge in [0.15, 0.2) is 0 Å². The number of anilines is 1. The first kappa shape index (κ1) is 13.3. The second kappa shape index (κ2) is 5.35. The van der Waals surface area contributed by atoms with Gasteiger partial charge >= 0.3 is 0 Å². The molecule has 0 atom stereocenters. The lowest BCUT2D eigenvalue weighted by Crippen LogP contribution is -2.01. The van der Waals surface area contributed by atoms with E-state index < -0.39 is 0 Å². The summed E-state index contributed by atoms with van der Waals surface area (Å²) in [5.74, 6) is 0. The molecular weight excluding hydrogens is 293 g/mol. The number of fused-ring (bicyclic) bond motifs is 1. The van der Waals surface area contributed by atoms with Crippen molar-refractivity contribution in [1.82, 2.24) is 9.38 Å². The van der Waals surface area contributed by atoms with Gasteiger partial charge in [0.25, 0.3) is 0 Å². The summed E-state index contributed by atoms with van der Waals surface area (Å²) in [6.07, 6.45) is 3.81. The van der Waals surface area contributed by atoms with Crippen molar-refractivity contribution in [3.8, 4) is 0 Å². The van der Waals surface area contributed by atoms with Crippen molar-refractivity contribution in [1.29, 1.82) is 0 Å². The lowest BCUT2D eigenvalue weighted by atomic mass is 10.2. The maximum Gasteiger partial charge on any atom is 0.137 e. The fraction of sp³-hybridized carbons (Fsp3) is 0.133. The molecule has 0 aliphatic carbocycles. The quantitative estimate of drug-likeness (QED) is 0.768. The molecule has 3 nitrogen and oxygen atoms in total. The van der Waals surface area contributed by atoms with Gasteiger partial charge in [0.05, 0.1) is 17.3 Å². The Balaban J connectivity index is 1.81. The summed E-state index contributed by atoms with van der Waals surface area (Å²) in [6.45, 7) is 2.68. The van der Waals surface area contributed by atoms with E-state index in [0.29, 0.717) is 11.6 Å². The van der Waals surface area contributed by atoms with Gasteiger partial charge < -0.3 is 9.72 Å². The first-order chi connectivity index (χ1) is 9.61. The number of benzene rings is 1. The number of nitrogens with one attached hydrogen (secondary N) is 1. The van der Waals surface area contributed by atoms with Crippen molar-refractivity contribution in [2.45, 2.75) is 13.5 Å². The second-order valence-electron chi connectivity index (χ2n) is 4.66. The highest BCUT2D eigenvalue weighted by Crippen LogP contribution is 2.21. The van der Waals surface area contributed by atoms with Crippen molar-refractivity contribution in [3.05, 3.63) is 64.0 Å². The summed E-state index contributed by atoms with van der Waals surface area (Å²) < 4.78 is 1.92. The van der Waals surface area contributed by atoms with Crippen LogP contribution in [0.4, 0.5) is 5.69 Å². The van der Waals surface area contributed by atoms with Gasteiger partial charge in [-0.1, -0.05) is 29.3 Å². The number of imidazole rings is 1. The van der Waals surface area contributed by atoms with Gasteiger partial charge in [0.1, 0.15) is 5.65 Å². The van der Waals surface area contributed by atoms with E-state index in [2.05, 4.69) is 10.3 Å². The van der Waals surface area contributed by atoms with Crippen molar-refractivity contribution < 1.29 is 0 Å². The Morgan fingerprint density at radius 2 is 1.90 bits per heavy atom. The Labute approximate surface area is 127 Å². The Morgan fingerprint density at radius 1 is 1.10 bits per heavy atom. The van der Waals surface area contributed by atoms with Crippen LogP contribution in [0.1, 0.15) is 11.3 Å². The number of hydrogen-bond acceptors (Lipinski definition) is 2. The van der Waals surface area contributed by atoms with E-state index in [0.717, 1.165) is 27.6 Å². The topological polar surface area (TPSA) is 29.3 Å². The summed E-state index contributed by atoms with van der Waals surface area (Å²) in [6, 6.07) is 9.53. The van der Waals surface area contributed by atoms with Crippen LogP contribution in [0.5, 0.6) is 0 Å². The summed E-state index contributed by atoms with van der Waals surface area (Å²) in [5.41, 5.74) is 4.01. The number of pyridine rings is 1. The zero-order valence-corrected chi connectivity index (χ0v) is 12.4. The summed E-state index contributed by atoms with van der Waals surface area (Å²) in [5, 5.41) is 4.77. The number of aryl methyl sites for hydroxylation is 1. The van der Waals surface area contributed by atoms with Gasteiger partial charge in [-0.3, -0.25) is 0 Å². The minimum atomic E-state index is 0.639. The molecule has 20 heavy (non-hydrogen) atoms. The second-order valence-corrected chi connectivity index (χ2v) is 5.53. The van der Waals surface area contributed by atoms with Crippen LogP contribution in [0.15, 0.2) is 42.7 Å². The molecule has 0 radical (unpaired) electrons. The molecule has 0 unspecified atom stereocenters. The highest BCUT2D eigenvalue weighted by atomic mass is 35.5. The molecule has 102 valence electrons. The van der Waals surface area contributed by atoms with Crippen LogP contribution in [-0.2, 0) is 6.54 Å². The largest absolute Gasteiger partial charge is 0.379 e. The average molecular weight is 306 g/mol. The maximum absolute atomic E-state index is 6.01. The number of halogens is 2. The Hall–Kier alpha value is -1.71. The van der Waals surface area contributed by atoms with Crippen LogP contribution < -0.4 is 5.32 Å². The average Bonchev–Trinajstić information content (AvgIpc) is 2.81. The summed E-state index contributed by atoms with van der Waals surface area (Å²) in [4.78, 5) is 4.53. The van der Waals surface area contributed by atoms with E-state index in [1.807, 2.05) is 54.0 Å². The Kier molecular flexibility index (Phi) is 3.55. The zero-order valence-electron chi connectivity index (χ0n) is 10.9. The van der Waals surface area contributed by atoms with E-state index >= 15 is 0 Å². The van der Waals surface area contributed by atoms with Crippen LogP contribution in [-0.4, -0.2) is 9.38 Å². The molecule has 0 aliphatic heterocycles. The predicted molar refractivity (Wildman–Crippen MR) is 83.7 cm³/mol. The molecular formula is C15H13Cl2N3. The molecule has 0 bridgehead atoms. The number of hydrogen-bond donors (Lipinski definition) is 1. The normalized spacial score (nSPS) is 10.9. The molecule has 3 aromatic rings. The fourth-order valence-corrected chi connectivity index (χ4v) is 2.41. The first-order valence-corrected chi connectivity index (χ1v) is 7.00. The number of aromatic nitrogens is 2. The molecule has 0 fully saturated rings. The van der Waals surface area contributed by atoms with Crippen LogP contribution >= 0.6 is 23.2 Å². The molecule has 1 N–H and O–H groups in total. The zero-order chi connectivity index (χ0) is 14.1. The molecule has 0 saturated carbocycles. The molecule has 3 rings (SSSR count). The summed E-state index contributed by atoms with van der Waals surface area (Å²) in [7, 11) is 0. The molecule has 5 heteroatoms. The SMILES string of the molecule is Cc1ccc(Cl)cc1NCc1cn2cc(Cl)ccc2n1. The van der Waals surface area contributed by atoms with Crippen molar-refractivity contribution in [2.75, 3.05) is 5.32 Å². The third kappa shape index (κ3) is 2.74. The van der Waals surface area contributed by atoms with Gasteiger partial charge in [-0.05, 0) is 36.8 Å². The molecule has 0 spiro atoms. The highest BCUT2D eigenvalue weighted by molar-refractivity contribution is 6.31. The van der Waals surface area contributed by atoms with Crippen LogP contribution in [0.25, 0.3) is 5.65 Å². The molecule has 0 aliphatic rings. The first-order valence-electron chi connectivity index (χ1n) is 6.25. The number of nitrogens with zero attached hydrogens (tertiary/aromatic N) is 2. The molecule has 0 amide bonds. The fourth-order valence-electron chi connectivity index (χ4n) is 2.07. The third-order valence-corrected chi connectivity index (χ3v) is 3.58. The Morgan fingerprint density at radius 3 is 2.75 bits per heavy atom. The molecule has 1 aromatic carbocycles. The Bertz CT molecular complexity index is 765. The van der Waals surface area contributed by atoms with E-state index in [4.69, 9.17) is 23.2 Å².